The summed E-state index contributed by atoms with van der Waals surface area (Å²) in [5, 5.41) is 0. The van der Waals surface area contributed by atoms with E-state index >= 15 is 4.39 Å². The topological polar surface area (TPSA) is 49.0 Å². The molecule has 0 aliphatic carbocycles. The Bertz CT molecular complexity index is 1170. The predicted molar refractivity (Wildman–Crippen MR) is 129 cm³/mol. The van der Waals surface area contributed by atoms with Crippen LogP contribution in [0, 0.1) is 5.82 Å². The monoisotopic (exact) mass is 509 g/mol. The number of benzene rings is 3. The normalized spacial score (nSPS) is 11.4. The van der Waals surface area contributed by atoms with Gasteiger partial charge in [0.05, 0.1) is 39.7 Å². The maximum Gasteiger partial charge on any atom is 0.416 e. The maximum atomic E-state index is 15.1. The van der Waals surface area contributed by atoms with Crippen molar-refractivity contribution in [3.63, 3.8) is 0 Å². The van der Waals surface area contributed by atoms with Crippen LogP contribution in [0.3, 0.4) is 0 Å². The Balaban J connectivity index is 1.91. The molecule has 0 unspecified atom stereocenters. The van der Waals surface area contributed by atoms with Crippen LogP contribution in [-0.4, -0.2) is 28.4 Å². The molecular weight excluding hydrogens is 486 g/mol. The third kappa shape index (κ3) is 6.13. The second kappa shape index (κ2) is 11.3. The minimum absolute atomic E-state index is 0.0189. The molecule has 0 radical (unpaired) electrons. The number of ether oxygens (including phenoxy) is 4. The smallest absolute Gasteiger partial charge is 0.416 e. The lowest BCUT2D eigenvalue weighted by atomic mass is 10.1. The molecule has 0 fully saturated rings. The Hall–Kier alpha value is -3.53. The van der Waals surface area contributed by atoms with Gasteiger partial charge in [-0.15, -0.1) is 0 Å². The molecule has 3 aromatic rings. The number of rotatable bonds is 9. The van der Waals surface area contributed by atoms with E-state index in [-0.39, 0.29) is 11.4 Å². The lowest BCUT2D eigenvalue weighted by molar-refractivity contribution is -0.137. The van der Waals surface area contributed by atoms with Crippen LogP contribution in [0.5, 0.6) is 23.0 Å². The first kappa shape index (κ1) is 26.1. The first-order chi connectivity index (χ1) is 16.7. The third-order valence-corrected chi connectivity index (χ3v) is 5.77. The Morgan fingerprint density at radius 1 is 0.771 bits per heavy atom. The Morgan fingerprint density at radius 2 is 1.37 bits per heavy atom. The standard InChI is InChI=1S/C25H23F4NO4S/c1-31-19-12-7-16(6-5-15-13-20(32-2)24(34-4)21(14-15)33-3)23(22(19)26)30-35-18-10-8-17(9-11-18)25(27,28)29/h5-14,30H,1-4H3/b6-5-. The van der Waals surface area contributed by atoms with Crippen LogP contribution in [-0.2, 0) is 6.18 Å². The number of anilines is 1. The molecule has 0 aliphatic heterocycles. The SMILES string of the molecule is COc1ccc(/C=C\c2cc(OC)c(OC)c(OC)c2)c(NSc2ccc(C(F)(F)F)cc2)c1F. The molecule has 10 heteroatoms. The minimum atomic E-state index is -4.43. The fourth-order valence-electron chi connectivity index (χ4n) is 3.18. The molecule has 3 rings (SSSR count). The van der Waals surface area contributed by atoms with Gasteiger partial charge in [-0.2, -0.15) is 13.2 Å². The van der Waals surface area contributed by atoms with E-state index in [0.29, 0.717) is 33.3 Å². The largest absolute Gasteiger partial charge is 0.494 e. The van der Waals surface area contributed by atoms with Gasteiger partial charge in [0.25, 0.3) is 0 Å². The van der Waals surface area contributed by atoms with Gasteiger partial charge >= 0.3 is 6.18 Å². The van der Waals surface area contributed by atoms with Gasteiger partial charge in [0.15, 0.2) is 23.1 Å². The van der Waals surface area contributed by atoms with E-state index < -0.39 is 17.6 Å². The van der Waals surface area contributed by atoms with Crippen molar-refractivity contribution in [1.82, 2.24) is 0 Å². The van der Waals surface area contributed by atoms with E-state index in [1.165, 1.54) is 46.6 Å². The Morgan fingerprint density at radius 3 is 1.89 bits per heavy atom. The lowest BCUT2D eigenvalue weighted by Gasteiger charge is -2.14. The van der Waals surface area contributed by atoms with Crippen molar-refractivity contribution in [3.8, 4) is 23.0 Å². The number of hydrogen-bond acceptors (Lipinski definition) is 6. The number of alkyl halides is 3. The molecule has 0 heterocycles. The molecular formula is C25H23F4NO4S. The van der Waals surface area contributed by atoms with Crippen molar-refractivity contribution in [2.45, 2.75) is 11.1 Å². The summed E-state index contributed by atoms with van der Waals surface area (Å²) in [6.07, 6.45) is -1.02. The summed E-state index contributed by atoms with van der Waals surface area (Å²) in [6, 6.07) is 11.2. The molecule has 186 valence electrons. The third-order valence-electron chi connectivity index (χ3n) is 4.95. The summed E-state index contributed by atoms with van der Waals surface area (Å²) >= 11 is 0.976. The molecule has 0 aliphatic rings. The van der Waals surface area contributed by atoms with Crippen LogP contribution >= 0.6 is 11.9 Å². The highest BCUT2D eigenvalue weighted by Crippen LogP contribution is 2.39. The van der Waals surface area contributed by atoms with E-state index in [1.807, 2.05) is 0 Å². The Kier molecular flexibility index (Phi) is 8.39. The second-order valence-corrected chi connectivity index (χ2v) is 7.94. The molecule has 0 amide bonds. The predicted octanol–water partition coefficient (Wildman–Crippen LogP) is 7.17. The van der Waals surface area contributed by atoms with Crippen molar-refractivity contribution in [1.29, 1.82) is 0 Å². The average Bonchev–Trinajstić information content (AvgIpc) is 2.85. The highest BCUT2D eigenvalue weighted by molar-refractivity contribution is 8.00. The molecule has 0 bridgehead atoms. The van der Waals surface area contributed by atoms with E-state index in [4.69, 9.17) is 18.9 Å². The van der Waals surface area contributed by atoms with Gasteiger partial charge in [0.2, 0.25) is 5.75 Å². The number of methoxy groups -OCH3 is 4. The van der Waals surface area contributed by atoms with Crippen molar-refractivity contribution in [3.05, 3.63) is 71.0 Å². The zero-order valence-corrected chi connectivity index (χ0v) is 20.1. The van der Waals surface area contributed by atoms with Crippen LogP contribution in [0.4, 0.5) is 23.2 Å². The molecule has 0 aromatic heterocycles. The summed E-state index contributed by atoms with van der Waals surface area (Å²) in [5.41, 5.74) is 0.537. The van der Waals surface area contributed by atoms with Crippen molar-refractivity contribution in [2.24, 2.45) is 0 Å². The van der Waals surface area contributed by atoms with Crippen LogP contribution in [0.1, 0.15) is 16.7 Å². The zero-order chi connectivity index (χ0) is 25.6. The lowest BCUT2D eigenvalue weighted by Crippen LogP contribution is -2.04. The average molecular weight is 510 g/mol. The van der Waals surface area contributed by atoms with Crippen molar-refractivity contribution >= 4 is 29.8 Å². The fourth-order valence-corrected chi connectivity index (χ4v) is 3.88. The molecule has 0 spiro atoms. The van der Waals surface area contributed by atoms with Gasteiger partial charge in [0.1, 0.15) is 0 Å². The van der Waals surface area contributed by atoms with Crippen LogP contribution < -0.4 is 23.7 Å². The van der Waals surface area contributed by atoms with Gasteiger partial charge in [-0.1, -0.05) is 12.2 Å². The highest BCUT2D eigenvalue weighted by atomic mass is 32.2. The van der Waals surface area contributed by atoms with E-state index in [0.717, 1.165) is 24.1 Å². The molecule has 0 saturated heterocycles. The van der Waals surface area contributed by atoms with Crippen LogP contribution in [0.2, 0.25) is 0 Å². The summed E-state index contributed by atoms with van der Waals surface area (Å²) in [4.78, 5) is 0.472. The summed E-state index contributed by atoms with van der Waals surface area (Å²) in [5.74, 6) is 0.745. The minimum Gasteiger partial charge on any atom is -0.494 e. The van der Waals surface area contributed by atoms with Gasteiger partial charge in [0, 0.05) is 10.5 Å². The van der Waals surface area contributed by atoms with E-state index in [2.05, 4.69) is 4.72 Å². The van der Waals surface area contributed by atoms with E-state index in [1.54, 1.807) is 30.4 Å². The van der Waals surface area contributed by atoms with Gasteiger partial charge in [-0.3, -0.25) is 0 Å². The molecule has 5 nitrogen and oxygen atoms in total. The number of halogens is 4. The summed E-state index contributed by atoms with van der Waals surface area (Å²) in [6.45, 7) is 0. The fraction of sp³-hybridized carbons (Fsp3) is 0.200. The molecule has 3 aromatic carbocycles. The Labute approximate surface area is 204 Å². The van der Waals surface area contributed by atoms with Crippen LogP contribution in [0.15, 0.2) is 53.4 Å². The number of hydrogen-bond donors (Lipinski definition) is 1. The highest BCUT2D eigenvalue weighted by Gasteiger charge is 2.30. The molecule has 0 atom stereocenters. The van der Waals surface area contributed by atoms with Gasteiger partial charge in [-0.05, 0) is 66.0 Å². The van der Waals surface area contributed by atoms with E-state index in [9.17, 15) is 13.2 Å². The molecule has 0 saturated carbocycles. The van der Waals surface area contributed by atoms with Crippen molar-refractivity contribution < 1.29 is 36.5 Å². The summed E-state index contributed by atoms with van der Waals surface area (Å²) in [7, 11) is 5.85. The van der Waals surface area contributed by atoms with Crippen molar-refractivity contribution in [2.75, 3.05) is 33.2 Å². The van der Waals surface area contributed by atoms with Gasteiger partial charge in [-0.25, -0.2) is 4.39 Å². The maximum absolute atomic E-state index is 15.1. The molecule has 35 heavy (non-hydrogen) atoms. The first-order valence-corrected chi connectivity index (χ1v) is 11.0. The number of nitrogens with one attached hydrogen (secondary N) is 1. The van der Waals surface area contributed by atoms with Gasteiger partial charge < -0.3 is 23.7 Å². The quantitative estimate of drug-likeness (QED) is 0.188. The second-order valence-electron chi connectivity index (χ2n) is 7.06. The van der Waals surface area contributed by atoms with Crippen LogP contribution in [0.25, 0.3) is 12.2 Å². The molecule has 1 N–H and O–H groups in total. The first-order valence-electron chi connectivity index (χ1n) is 10.2. The summed E-state index contributed by atoms with van der Waals surface area (Å²) < 4.78 is 77.5. The zero-order valence-electron chi connectivity index (χ0n) is 19.3.